The molecule has 1 aromatic heterocycles. The molecular weight excluding hydrogens is 260 g/mol. The van der Waals surface area contributed by atoms with Crippen LogP contribution in [0.5, 0.6) is 17.2 Å². The summed E-state index contributed by atoms with van der Waals surface area (Å²) in [6, 6.07) is 8.24. The number of phenolic OH excluding ortho intramolecular Hbond substituents is 1. The summed E-state index contributed by atoms with van der Waals surface area (Å²) in [6.45, 7) is 0. The predicted molar refractivity (Wildman–Crippen MR) is 74.8 cm³/mol. The van der Waals surface area contributed by atoms with E-state index in [-0.39, 0.29) is 33.6 Å². The van der Waals surface area contributed by atoms with Gasteiger partial charge in [-0.25, -0.2) is 0 Å². The maximum atomic E-state index is 12.4. The summed E-state index contributed by atoms with van der Waals surface area (Å²) in [4.78, 5) is 12.4. The van der Waals surface area contributed by atoms with Crippen molar-refractivity contribution in [2.24, 2.45) is 0 Å². The number of hydrogen-bond acceptors (Lipinski definition) is 5. The van der Waals surface area contributed by atoms with E-state index in [4.69, 9.17) is 13.9 Å². The molecule has 1 N–H and O–H groups in total. The Bertz CT molecular complexity index is 863. The SMILES string of the molecule is COc1c(O)cc2c(=O)c3ccccc3oc2c1OC. The van der Waals surface area contributed by atoms with Crippen LogP contribution in [0.3, 0.4) is 0 Å². The Morgan fingerprint density at radius 2 is 1.75 bits per heavy atom. The van der Waals surface area contributed by atoms with Crippen LogP contribution in [0.25, 0.3) is 21.9 Å². The van der Waals surface area contributed by atoms with Crippen LogP contribution in [-0.2, 0) is 0 Å². The first-order valence-corrected chi connectivity index (χ1v) is 5.97. The Labute approximate surface area is 114 Å². The van der Waals surface area contributed by atoms with Gasteiger partial charge in [0.1, 0.15) is 5.58 Å². The highest BCUT2D eigenvalue weighted by molar-refractivity contribution is 5.95. The van der Waals surface area contributed by atoms with Gasteiger partial charge < -0.3 is 19.0 Å². The third kappa shape index (κ3) is 1.60. The van der Waals surface area contributed by atoms with Gasteiger partial charge in [0.25, 0.3) is 0 Å². The highest BCUT2D eigenvalue weighted by Gasteiger charge is 2.19. The number of ether oxygens (including phenoxy) is 2. The smallest absolute Gasteiger partial charge is 0.208 e. The molecule has 0 unspecified atom stereocenters. The van der Waals surface area contributed by atoms with Gasteiger partial charge in [0, 0.05) is 0 Å². The van der Waals surface area contributed by atoms with Gasteiger partial charge in [-0.05, 0) is 18.2 Å². The van der Waals surface area contributed by atoms with Gasteiger partial charge in [0.05, 0.1) is 25.0 Å². The lowest BCUT2D eigenvalue weighted by atomic mass is 10.1. The van der Waals surface area contributed by atoms with E-state index in [0.29, 0.717) is 11.0 Å². The van der Waals surface area contributed by atoms with E-state index in [0.717, 1.165) is 0 Å². The Kier molecular flexibility index (Phi) is 2.75. The molecule has 0 bridgehead atoms. The van der Waals surface area contributed by atoms with E-state index in [9.17, 15) is 9.90 Å². The largest absolute Gasteiger partial charge is 0.504 e. The van der Waals surface area contributed by atoms with Crippen LogP contribution in [0.2, 0.25) is 0 Å². The molecule has 1 heterocycles. The third-order valence-electron chi connectivity index (χ3n) is 3.17. The summed E-state index contributed by atoms with van der Waals surface area (Å²) >= 11 is 0. The highest BCUT2D eigenvalue weighted by Crippen LogP contribution is 2.42. The molecule has 102 valence electrons. The Morgan fingerprint density at radius 3 is 2.45 bits per heavy atom. The van der Waals surface area contributed by atoms with E-state index < -0.39 is 0 Å². The van der Waals surface area contributed by atoms with Gasteiger partial charge in [-0.3, -0.25) is 4.79 Å². The monoisotopic (exact) mass is 272 g/mol. The lowest BCUT2D eigenvalue weighted by Crippen LogP contribution is -2.03. The molecule has 5 nitrogen and oxygen atoms in total. The molecule has 0 saturated carbocycles. The zero-order valence-corrected chi connectivity index (χ0v) is 11.0. The first-order chi connectivity index (χ1) is 9.67. The van der Waals surface area contributed by atoms with Crippen LogP contribution in [0.4, 0.5) is 0 Å². The zero-order valence-electron chi connectivity index (χ0n) is 11.0. The van der Waals surface area contributed by atoms with Crippen molar-refractivity contribution in [3.05, 3.63) is 40.6 Å². The average molecular weight is 272 g/mol. The summed E-state index contributed by atoms with van der Waals surface area (Å²) in [5.41, 5.74) is 0.486. The summed E-state index contributed by atoms with van der Waals surface area (Å²) in [5.74, 6) is 0.170. The lowest BCUT2D eigenvalue weighted by molar-refractivity contribution is 0.333. The summed E-state index contributed by atoms with van der Waals surface area (Å²) in [6.07, 6.45) is 0. The van der Waals surface area contributed by atoms with Crippen LogP contribution in [0, 0.1) is 0 Å². The van der Waals surface area contributed by atoms with Gasteiger partial charge >= 0.3 is 0 Å². The number of aromatic hydroxyl groups is 1. The number of para-hydroxylation sites is 1. The van der Waals surface area contributed by atoms with Crippen molar-refractivity contribution in [2.45, 2.75) is 0 Å². The normalized spacial score (nSPS) is 10.9. The molecule has 0 radical (unpaired) electrons. The van der Waals surface area contributed by atoms with Gasteiger partial charge in [0.15, 0.2) is 11.3 Å². The van der Waals surface area contributed by atoms with Crippen LogP contribution in [-0.4, -0.2) is 19.3 Å². The van der Waals surface area contributed by atoms with Crippen molar-refractivity contribution >= 4 is 21.9 Å². The highest BCUT2D eigenvalue weighted by atomic mass is 16.5. The summed E-state index contributed by atoms with van der Waals surface area (Å²) < 4.78 is 16.0. The van der Waals surface area contributed by atoms with Crippen LogP contribution >= 0.6 is 0 Å². The standard InChI is InChI=1S/C15H12O5/c1-18-14-10(16)7-9-12(17)8-5-3-4-6-11(8)20-13(9)15(14)19-2/h3-7,16H,1-2H3. The molecule has 0 spiro atoms. The minimum absolute atomic E-state index is 0.137. The van der Waals surface area contributed by atoms with Crippen LogP contribution < -0.4 is 14.9 Å². The molecule has 0 atom stereocenters. The van der Waals surface area contributed by atoms with E-state index in [1.807, 2.05) is 0 Å². The molecule has 2 aromatic carbocycles. The van der Waals surface area contributed by atoms with Crippen molar-refractivity contribution in [3.63, 3.8) is 0 Å². The number of benzene rings is 2. The average Bonchev–Trinajstić information content (AvgIpc) is 2.47. The fraction of sp³-hybridized carbons (Fsp3) is 0.133. The minimum Gasteiger partial charge on any atom is -0.504 e. The zero-order chi connectivity index (χ0) is 14.3. The number of rotatable bonds is 2. The van der Waals surface area contributed by atoms with E-state index in [1.54, 1.807) is 24.3 Å². The van der Waals surface area contributed by atoms with Gasteiger partial charge in [-0.15, -0.1) is 0 Å². The lowest BCUT2D eigenvalue weighted by Gasteiger charge is -2.11. The van der Waals surface area contributed by atoms with E-state index >= 15 is 0 Å². The second-order valence-electron chi connectivity index (χ2n) is 4.27. The second-order valence-corrected chi connectivity index (χ2v) is 4.27. The summed E-state index contributed by atoms with van der Waals surface area (Å²) in [5, 5.41) is 10.6. The molecule has 20 heavy (non-hydrogen) atoms. The Hall–Kier alpha value is -2.69. The molecule has 0 fully saturated rings. The fourth-order valence-corrected chi connectivity index (χ4v) is 2.26. The maximum absolute atomic E-state index is 12.4. The molecule has 3 aromatic rings. The second kappa shape index (κ2) is 4.45. The number of fused-ring (bicyclic) bond motifs is 2. The van der Waals surface area contributed by atoms with E-state index in [1.165, 1.54) is 20.3 Å². The first-order valence-electron chi connectivity index (χ1n) is 5.97. The number of hydrogen-bond donors (Lipinski definition) is 1. The van der Waals surface area contributed by atoms with Gasteiger partial charge in [0.2, 0.25) is 16.9 Å². The predicted octanol–water partition coefficient (Wildman–Crippen LogP) is 2.67. The van der Waals surface area contributed by atoms with Crippen LogP contribution in [0.1, 0.15) is 0 Å². The Morgan fingerprint density at radius 1 is 1.05 bits per heavy atom. The molecule has 0 amide bonds. The molecule has 3 rings (SSSR count). The minimum atomic E-state index is -0.224. The fourth-order valence-electron chi connectivity index (χ4n) is 2.26. The van der Waals surface area contributed by atoms with Crippen molar-refractivity contribution in [2.75, 3.05) is 14.2 Å². The van der Waals surface area contributed by atoms with Gasteiger partial charge in [-0.1, -0.05) is 12.1 Å². The molecule has 0 saturated heterocycles. The molecule has 0 aliphatic heterocycles. The molecular formula is C15H12O5. The number of phenols is 1. The van der Waals surface area contributed by atoms with Crippen molar-refractivity contribution < 1.29 is 19.0 Å². The number of methoxy groups -OCH3 is 2. The Balaban J connectivity index is 2.58. The summed E-state index contributed by atoms with van der Waals surface area (Å²) in [7, 11) is 2.83. The maximum Gasteiger partial charge on any atom is 0.208 e. The van der Waals surface area contributed by atoms with Gasteiger partial charge in [-0.2, -0.15) is 0 Å². The third-order valence-corrected chi connectivity index (χ3v) is 3.17. The van der Waals surface area contributed by atoms with Crippen LogP contribution in [0.15, 0.2) is 39.5 Å². The topological polar surface area (TPSA) is 68.9 Å². The van der Waals surface area contributed by atoms with Crippen molar-refractivity contribution in [1.29, 1.82) is 0 Å². The first kappa shape index (κ1) is 12.3. The van der Waals surface area contributed by atoms with Crippen molar-refractivity contribution in [1.82, 2.24) is 0 Å². The quantitative estimate of drug-likeness (QED) is 0.726. The van der Waals surface area contributed by atoms with Crippen molar-refractivity contribution in [3.8, 4) is 17.2 Å². The molecule has 0 aliphatic rings. The van der Waals surface area contributed by atoms with E-state index in [2.05, 4.69) is 0 Å². The molecule has 5 heteroatoms. The molecule has 0 aliphatic carbocycles.